The van der Waals surface area contributed by atoms with Gasteiger partial charge in [0.25, 0.3) is 0 Å². The van der Waals surface area contributed by atoms with Gasteiger partial charge >= 0.3 is 0 Å². The summed E-state index contributed by atoms with van der Waals surface area (Å²) < 4.78 is 8.43. The molecule has 16 heavy (non-hydrogen) atoms. The molecule has 0 aromatic carbocycles. The summed E-state index contributed by atoms with van der Waals surface area (Å²) >= 11 is 1.32. The van der Waals surface area contributed by atoms with Crippen LogP contribution in [-0.4, -0.2) is 45.9 Å². The zero-order valence-electron chi connectivity index (χ0n) is 9.25. The molecule has 5 heteroatoms. The molecule has 2 aliphatic heterocycles. The highest BCUT2D eigenvalue weighted by molar-refractivity contribution is 6.99. The third-order valence-electron chi connectivity index (χ3n) is 4.25. The Kier molecular flexibility index (Phi) is 1.99. The van der Waals surface area contributed by atoms with E-state index in [0.29, 0.717) is 0 Å². The first-order valence-corrected chi connectivity index (χ1v) is 6.90. The minimum atomic E-state index is 0.877. The average Bonchev–Trinajstić information content (AvgIpc) is 2.74. The first-order valence-electron chi connectivity index (χ1n) is 6.17. The number of nitrogens with zero attached hydrogens (tertiary/aromatic N) is 4. The molecule has 3 fully saturated rings. The Hall–Kier alpha value is -0.680. The molecule has 4 nitrogen and oxygen atoms in total. The molecule has 1 aromatic heterocycles. The predicted molar refractivity (Wildman–Crippen MR) is 63.7 cm³/mol. The quantitative estimate of drug-likeness (QED) is 0.769. The lowest BCUT2D eigenvalue weighted by Crippen LogP contribution is -2.30. The fourth-order valence-electron chi connectivity index (χ4n) is 3.25. The van der Waals surface area contributed by atoms with Crippen molar-refractivity contribution in [1.82, 2.24) is 13.6 Å². The lowest BCUT2D eigenvalue weighted by atomic mass is 10.0. The number of rotatable bonds is 2. The van der Waals surface area contributed by atoms with Gasteiger partial charge in [-0.15, -0.1) is 0 Å². The second kappa shape index (κ2) is 3.40. The molecule has 2 atom stereocenters. The number of fused-ring (bicyclic) bond motifs is 1. The van der Waals surface area contributed by atoms with Crippen molar-refractivity contribution in [2.24, 2.45) is 11.8 Å². The van der Waals surface area contributed by atoms with Gasteiger partial charge in [-0.1, -0.05) is 0 Å². The van der Waals surface area contributed by atoms with E-state index in [9.17, 15) is 0 Å². The van der Waals surface area contributed by atoms with Crippen LogP contribution in [0.4, 0.5) is 5.82 Å². The summed E-state index contributed by atoms with van der Waals surface area (Å²) in [6, 6.07) is 0.944. The van der Waals surface area contributed by atoms with Crippen molar-refractivity contribution in [3.63, 3.8) is 0 Å². The zero-order valence-corrected chi connectivity index (χ0v) is 10.1. The summed E-state index contributed by atoms with van der Waals surface area (Å²) in [6.45, 7) is 5.03. The van der Waals surface area contributed by atoms with Crippen LogP contribution in [0.5, 0.6) is 0 Å². The summed E-state index contributed by atoms with van der Waals surface area (Å²) in [5, 5.41) is 0. The summed E-state index contributed by atoms with van der Waals surface area (Å²) in [7, 11) is 0. The zero-order chi connectivity index (χ0) is 10.5. The van der Waals surface area contributed by atoms with Crippen molar-refractivity contribution in [2.45, 2.75) is 18.9 Å². The van der Waals surface area contributed by atoms with E-state index in [4.69, 9.17) is 0 Å². The molecule has 0 radical (unpaired) electrons. The fraction of sp³-hybridized carbons (Fsp3) is 0.818. The third-order valence-corrected chi connectivity index (χ3v) is 4.72. The molecule has 3 aliphatic rings. The van der Waals surface area contributed by atoms with Gasteiger partial charge < -0.3 is 4.90 Å². The van der Waals surface area contributed by atoms with Gasteiger partial charge in [-0.25, -0.2) is 0 Å². The molecule has 1 saturated carbocycles. The van der Waals surface area contributed by atoms with Crippen LogP contribution in [0.3, 0.4) is 0 Å². The largest absolute Gasteiger partial charge is 0.354 e. The van der Waals surface area contributed by atoms with Crippen LogP contribution in [0.2, 0.25) is 0 Å². The molecule has 1 aromatic rings. The van der Waals surface area contributed by atoms with Crippen LogP contribution < -0.4 is 4.90 Å². The normalized spacial score (nSPS) is 34.6. The van der Waals surface area contributed by atoms with Crippen LogP contribution in [-0.2, 0) is 0 Å². The molecule has 3 heterocycles. The maximum absolute atomic E-state index is 4.33. The van der Waals surface area contributed by atoms with Gasteiger partial charge in [0, 0.05) is 32.2 Å². The molecule has 4 rings (SSSR count). The summed E-state index contributed by atoms with van der Waals surface area (Å²) in [5.74, 6) is 2.85. The first-order chi connectivity index (χ1) is 7.90. The summed E-state index contributed by atoms with van der Waals surface area (Å²) in [6.07, 6.45) is 4.79. The molecule has 0 spiro atoms. The van der Waals surface area contributed by atoms with Crippen LogP contribution in [0, 0.1) is 11.8 Å². The minimum Gasteiger partial charge on any atom is -0.354 e. The Morgan fingerprint density at radius 3 is 2.44 bits per heavy atom. The van der Waals surface area contributed by atoms with E-state index in [2.05, 4.69) is 18.5 Å². The van der Waals surface area contributed by atoms with Crippen molar-refractivity contribution in [1.29, 1.82) is 0 Å². The summed E-state index contributed by atoms with van der Waals surface area (Å²) in [4.78, 5) is 5.13. The Morgan fingerprint density at radius 2 is 1.88 bits per heavy atom. The van der Waals surface area contributed by atoms with Crippen molar-refractivity contribution < 1.29 is 0 Å². The number of hydrogen-bond acceptors (Lipinski definition) is 5. The maximum Gasteiger partial charge on any atom is 0.162 e. The van der Waals surface area contributed by atoms with Gasteiger partial charge in [-0.05, 0) is 24.7 Å². The molecule has 0 N–H and O–H groups in total. The van der Waals surface area contributed by atoms with Gasteiger partial charge in [-0.3, -0.25) is 4.90 Å². The van der Waals surface area contributed by atoms with Gasteiger partial charge in [0.15, 0.2) is 5.82 Å². The van der Waals surface area contributed by atoms with E-state index >= 15 is 0 Å². The van der Waals surface area contributed by atoms with Crippen LogP contribution in [0.15, 0.2) is 6.20 Å². The number of aromatic nitrogens is 2. The van der Waals surface area contributed by atoms with Gasteiger partial charge in [0.05, 0.1) is 17.9 Å². The number of hydrogen-bond donors (Lipinski definition) is 0. The van der Waals surface area contributed by atoms with Crippen molar-refractivity contribution in [2.75, 3.05) is 31.1 Å². The topological polar surface area (TPSA) is 32.3 Å². The highest BCUT2D eigenvalue weighted by atomic mass is 32.1. The molecule has 0 amide bonds. The summed E-state index contributed by atoms with van der Waals surface area (Å²) in [5.41, 5.74) is 0. The molecule has 2 unspecified atom stereocenters. The number of likely N-dealkylation sites (tertiary alicyclic amines) is 1. The molecule has 1 aliphatic carbocycles. The van der Waals surface area contributed by atoms with E-state index in [1.807, 2.05) is 6.20 Å². The van der Waals surface area contributed by atoms with Crippen LogP contribution in [0.1, 0.15) is 12.8 Å². The maximum atomic E-state index is 4.33. The van der Waals surface area contributed by atoms with Gasteiger partial charge in [0.2, 0.25) is 0 Å². The highest BCUT2D eigenvalue weighted by Crippen LogP contribution is 2.38. The smallest absolute Gasteiger partial charge is 0.162 e. The predicted octanol–water partition coefficient (Wildman–Crippen LogP) is 1.07. The number of anilines is 1. The van der Waals surface area contributed by atoms with E-state index in [1.165, 1.54) is 50.7 Å². The van der Waals surface area contributed by atoms with Crippen molar-refractivity contribution in [3.05, 3.63) is 6.20 Å². The van der Waals surface area contributed by atoms with Crippen LogP contribution >= 0.6 is 11.7 Å². The third kappa shape index (κ3) is 1.45. The van der Waals surface area contributed by atoms with E-state index in [-0.39, 0.29) is 0 Å². The highest BCUT2D eigenvalue weighted by Gasteiger charge is 2.44. The Balaban J connectivity index is 1.45. The SMILES string of the molecule is c1nsnc1N1CC2CN(C3CC3)CC2C1. The molecule has 86 valence electrons. The molecule has 0 bridgehead atoms. The lowest BCUT2D eigenvalue weighted by Gasteiger charge is -2.20. The average molecular weight is 236 g/mol. The standard InChI is InChI=1S/C11H16N4S/c1-2-10(1)14-4-8-6-15(7-9(8)5-14)11-3-12-16-13-11/h3,8-10H,1-2,4-7H2. The van der Waals surface area contributed by atoms with Gasteiger partial charge in [0.1, 0.15) is 0 Å². The van der Waals surface area contributed by atoms with E-state index in [0.717, 1.165) is 23.7 Å². The minimum absolute atomic E-state index is 0.877. The van der Waals surface area contributed by atoms with Gasteiger partial charge in [-0.2, -0.15) is 8.75 Å². The first kappa shape index (κ1) is 9.36. The molecule has 2 saturated heterocycles. The van der Waals surface area contributed by atoms with Crippen molar-refractivity contribution in [3.8, 4) is 0 Å². The molecular weight excluding hydrogens is 220 g/mol. The van der Waals surface area contributed by atoms with Crippen molar-refractivity contribution >= 4 is 17.5 Å². The molecular formula is C11H16N4S. The lowest BCUT2D eigenvalue weighted by molar-refractivity contribution is 0.306. The Morgan fingerprint density at radius 1 is 1.12 bits per heavy atom. The Bertz CT molecular complexity index is 361. The van der Waals surface area contributed by atoms with E-state index < -0.39 is 0 Å². The second-order valence-corrected chi connectivity index (χ2v) is 5.93. The fourth-order valence-corrected chi connectivity index (χ4v) is 3.69. The Labute approximate surface area is 99.6 Å². The second-order valence-electron chi connectivity index (χ2n) is 5.38. The monoisotopic (exact) mass is 236 g/mol. The van der Waals surface area contributed by atoms with Crippen LogP contribution in [0.25, 0.3) is 0 Å². The van der Waals surface area contributed by atoms with E-state index in [1.54, 1.807) is 0 Å².